The van der Waals surface area contributed by atoms with Gasteiger partial charge in [-0.1, -0.05) is 0 Å². The number of hydrogen-bond donors (Lipinski definition) is 3. The van der Waals surface area contributed by atoms with Crippen LogP contribution in [-0.4, -0.2) is 45.7 Å². The predicted octanol–water partition coefficient (Wildman–Crippen LogP) is -0.262. The van der Waals surface area contributed by atoms with Gasteiger partial charge < -0.3 is 20.9 Å². The van der Waals surface area contributed by atoms with Gasteiger partial charge in [-0.2, -0.15) is 5.10 Å². The van der Waals surface area contributed by atoms with Crippen LogP contribution in [-0.2, 0) is 16.1 Å². The van der Waals surface area contributed by atoms with Gasteiger partial charge in [0.25, 0.3) is 0 Å². The number of nitrogens with two attached hydrogens (primary N) is 1. The third kappa shape index (κ3) is 2.78. The molecule has 1 aliphatic heterocycles. The summed E-state index contributed by atoms with van der Waals surface area (Å²) < 4.78 is 6.89. The molecule has 0 bridgehead atoms. The van der Waals surface area contributed by atoms with E-state index in [1.54, 1.807) is 18.5 Å². The summed E-state index contributed by atoms with van der Waals surface area (Å²) in [7, 11) is 0. The fourth-order valence-electron chi connectivity index (χ4n) is 2.31. The van der Waals surface area contributed by atoms with E-state index < -0.39 is 5.60 Å². The SMILES string of the molecule is Cc1nn(CC(=O)NCC2(O)CCOC2C)c(C)c1N. The van der Waals surface area contributed by atoms with Crippen molar-refractivity contribution in [1.29, 1.82) is 0 Å². The Balaban J connectivity index is 1.91. The third-order valence-electron chi connectivity index (χ3n) is 3.98. The largest absolute Gasteiger partial charge is 0.396 e. The molecule has 0 saturated carbocycles. The van der Waals surface area contributed by atoms with Gasteiger partial charge in [-0.25, -0.2) is 0 Å². The van der Waals surface area contributed by atoms with Crippen LogP contribution in [0, 0.1) is 13.8 Å². The molecule has 2 unspecified atom stereocenters. The van der Waals surface area contributed by atoms with Crippen molar-refractivity contribution in [1.82, 2.24) is 15.1 Å². The number of ether oxygens (including phenoxy) is 1. The van der Waals surface area contributed by atoms with Crippen molar-refractivity contribution >= 4 is 11.6 Å². The van der Waals surface area contributed by atoms with Gasteiger partial charge in [-0.3, -0.25) is 9.48 Å². The van der Waals surface area contributed by atoms with Crippen LogP contribution in [0.25, 0.3) is 0 Å². The second-order valence-corrected chi connectivity index (χ2v) is 5.39. The molecular weight excluding hydrogens is 260 g/mol. The van der Waals surface area contributed by atoms with Crippen LogP contribution >= 0.6 is 0 Å². The molecule has 20 heavy (non-hydrogen) atoms. The van der Waals surface area contributed by atoms with Crippen LogP contribution in [0.3, 0.4) is 0 Å². The number of nitrogens with zero attached hydrogens (tertiary/aromatic N) is 2. The maximum atomic E-state index is 11.9. The van der Waals surface area contributed by atoms with Crippen molar-refractivity contribution in [3.8, 4) is 0 Å². The van der Waals surface area contributed by atoms with Gasteiger partial charge in [-0.05, 0) is 20.8 Å². The van der Waals surface area contributed by atoms with Gasteiger partial charge in [0.1, 0.15) is 12.1 Å². The number of carbonyl (C=O) groups excluding carboxylic acids is 1. The fourth-order valence-corrected chi connectivity index (χ4v) is 2.31. The number of rotatable bonds is 4. The minimum absolute atomic E-state index is 0.0925. The van der Waals surface area contributed by atoms with Crippen molar-refractivity contribution in [3.63, 3.8) is 0 Å². The summed E-state index contributed by atoms with van der Waals surface area (Å²) in [5, 5.41) is 17.2. The molecular formula is C13H22N4O3. The second-order valence-electron chi connectivity index (χ2n) is 5.39. The number of aliphatic hydroxyl groups is 1. The monoisotopic (exact) mass is 282 g/mol. The number of nitrogen functional groups attached to an aromatic ring is 1. The standard InChI is InChI=1S/C13H22N4O3/c1-8-12(14)9(2)17(16-8)6-11(18)15-7-13(19)4-5-20-10(13)3/h10,19H,4-7,14H2,1-3H3,(H,15,18). The highest BCUT2D eigenvalue weighted by Gasteiger charge is 2.39. The van der Waals surface area contributed by atoms with Gasteiger partial charge in [0.05, 0.1) is 23.2 Å². The second kappa shape index (κ2) is 5.41. The van der Waals surface area contributed by atoms with Crippen molar-refractivity contribution in [2.45, 2.75) is 45.4 Å². The number of anilines is 1. The number of carbonyl (C=O) groups is 1. The molecule has 1 amide bonds. The van der Waals surface area contributed by atoms with Crippen molar-refractivity contribution in [2.75, 3.05) is 18.9 Å². The first kappa shape index (κ1) is 14.8. The molecule has 1 aliphatic rings. The van der Waals surface area contributed by atoms with E-state index in [0.29, 0.717) is 24.4 Å². The average molecular weight is 282 g/mol. The highest BCUT2D eigenvalue weighted by Crippen LogP contribution is 2.24. The molecule has 0 aliphatic carbocycles. The highest BCUT2D eigenvalue weighted by molar-refractivity contribution is 5.76. The molecule has 7 nitrogen and oxygen atoms in total. The molecule has 112 valence electrons. The van der Waals surface area contributed by atoms with Gasteiger partial charge in [0, 0.05) is 19.6 Å². The molecule has 1 saturated heterocycles. The minimum Gasteiger partial charge on any atom is -0.396 e. The zero-order valence-corrected chi connectivity index (χ0v) is 12.1. The van der Waals surface area contributed by atoms with Gasteiger partial charge in [0.2, 0.25) is 5.91 Å². The molecule has 0 radical (unpaired) electrons. The Morgan fingerprint density at radius 2 is 2.35 bits per heavy atom. The molecule has 4 N–H and O–H groups in total. The first-order chi connectivity index (χ1) is 9.33. The van der Waals surface area contributed by atoms with Crippen LogP contribution in [0.2, 0.25) is 0 Å². The van der Waals surface area contributed by atoms with Crippen LogP contribution in [0.4, 0.5) is 5.69 Å². The molecule has 1 aromatic heterocycles. The summed E-state index contributed by atoms with van der Waals surface area (Å²) in [6.07, 6.45) is 0.258. The average Bonchev–Trinajstić information content (AvgIpc) is 2.84. The van der Waals surface area contributed by atoms with Crippen molar-refractivity contribution in [2.24, 2.45) is 0 Å². The highest BCUT2D eigenvalue weighted by atomic mass is 16.5. The summed E-state index contributed by atoms with van der Waals surface area (Å²) in [6, 6.07) is 0. The molecule has 2 atom stereocenters. The topological polar surface area (TPSA) is 102 Å². The molecule has 2 heterocycles. The lowest BCUT2D eigenvalue weighted by atomic mass is 9.97. The number of hydrogen-bond acceptors (Lipinski definition) is 5. The Labute approximate surface area is 118 Å². The molecule has 2 rings (SSSR count). The van der Waals surface area contributed by atoms with Gasteiger partial charge in [-0.15, -0.1) is 0 Å². The van der Waals surface area contributed by atoms with E-state index in [4.69, 9.17) is 10.5 Å². The Kier molecular flexibility index (Phi) is 4.01. The molecule has 0 aromatic carbocycles. The lowest BCUT2D eigenvalue weighted by Crippen LogP contribution is -2.48. The van der Waals surface area contributed by atoms with E-state index in [2.05, 4.69) is 10.4 Å². The zero-order chi connectivity index (χ0) is 14.9. The van der Waals surface area contributed by atoms with E-state index in [0.717, 1.165) is 5.69 Å². The van der Waals surface area contributed by atoms with Crippen LogP contribution in [0.1, 0.15) is 24.7 Å². The van der Waals surface area contributed by atoms with E-state index >= 15 is 0 Å². The molecule has 1 fully saturated rings. The minimum atomic E-state index is -0.982. The first-order valence-electron chi connectivity index (χ1n) is 6.73. The summed E-state index contributed by atoms with van der Waals surface area (Å²) >= 11 is 0. The van der Waals surface area contributed by atoms with Crippen LogP contribution < -0.4 is 11.1 Å². The molecule has 0 spiro atoms. The van der Waals surface area contributed by atoms with E-state index in [1.165, 1.54) is 0 Å². The smallest absolute Gasteiger partial charge is 0.241 e. The maximum Gasteiger partial charge on any atom is 0.241 e. The number of aromatic nitrogens is 2. The predicted molar refractivity (Wildman–Crippen MR) is 74.1 cm³/mol. The Morgan fingerprint density at radius 1 is 1.65 bits per heavy atom. The van der Waals surface area contributed by atoms with Crippen LogP contribution in [0.15, 0.2) is 0 Å². The number of amides is 1. The normalized spacial score (nSPS) is 25.9. The van der Waals surface area contributed by atoms with Gasteiger partial charge >= 0.3 is 0 Å². The van der Waals surface area contributed by atoms with Crippen molar-refractivity contribution in [3.05, 3.63) is 11.4 Å². The summed E-state index contributed by atoms with van der Waals surface area (Å²) in [6.45, 7) is 6.22. The molecule has 1 aromatic rings. The lowest BCUT2D eigenvalue weighted by Gasteiger charge is -2.26. The Hall–Kier alpha value is -1.60. The maximum absolute atomic E-state index is 11.9. The van der Waals surface area contributed by atoms with Crippen LogP contribution in [0.5, 0.6) is 0 Å². The number of nitrogens with one attached hydrogen (secondary N) is 1. The Morgan fingerprint density at radius 3 is 2.85 bits per heavy atom. The fraction of sp³-hybridized carbons (Fsp3) is 0.692. The quantitative estimate of drug-likeness (QED) is 0.706. The Bertz CT molecular complexity index is 514. The van der Waals surface area contributed by atoms with Gasteiger partial charge in [0.15, 0.2) is 0 Å². The zero-order valence-electron chi connectivity index (χ0n) is 12.1. The number of aryl methyl sites for hydroxylation is 1. The third-order valence-corrected chi connectivity index (χ3v) is 3.98. The summed E-state index contributed by atoms with van der Waals surface area (Å²) in [5.41, 5.74) is 6.93. The first-order valence-corrected chi connectivity index (χ1v) is 6.73. The van der Waals surface area contributed by atoms with E-state index in [9.17, 15) is 9.90 Å². The lowest BCUT2D eigenvalue weighted by molar-refractivity contribution is -0.123. The summed E-state index contributed by atoms with van der Waals surface area (Å²) in [4.78, 5) is 11.9. The van der Waals surface area contributed by atoms with Crippen molar-refractivity contribution < 1.29 is 14.6 Å². The summed E-state index contributed by atoms with van der Waals surface area (Å²) in [5.74, 6) is -0.205. The molecule has 7 heteroatoms. The van der Waals surface area contributed by atoms with E-state index in [-0.39, 0.29) is 25.1 Å². The van der Waals surface area contributed by atoms with E-state index in [1.807, 2.05) is 6.92 Å².